The zero-order chi connectivity index (χ0) is 9.42. The SMILES string of the molecule is NC(=O)c1c[nH]c(=O)c2c[nH]nc12. The van der Waals surface area contributed by atoms with Gasteiger partial charge in [-0.2, -0.15) is 5.10 Å². The molecule has 0 atom stereocenters. The third-order valence-electron chi connectivity index (χ3n) is 1.75. The Morgan fingerprint density at radius 3 is 2.92 bits per heavy atom. The van der Waals surface area contributed by atoms with Gasteiger partial charge in [-0.3, -0.25) is 14.7 Å². The quantitative estimate of drug-likeness (QED) is 0.540. The molecular formula is C7H6N4O2. The highest BCUT2D eigenvalue weighted by atomic mass is 16.1. The fourth-order valence-electron chi connectivity index (χ4n) is 1.14. The molecule has 6 heteroatoms. The van der Waals surface area contributed by atoms with Crippen molar-refractivity contribution >= 4 is 16.8 Å². The number of H-pyrrole nitrogens is 2. The molecule has 0 saturated carbocycles. The minimum atomic E-state index is -0.617. The Balaban J connectivity index is 2.94. The Bertz CT molecular complexity index is 525. The second-order valence-electron chi connectivity index (χ2n) is 2.54. The lowest BCUT2D eigenvalue weighted by molar-refractivity contribution is 0.100. The van der Waals surface area contributed by atoms with E-state index in [0.717, 1.165) is 0 Å². The lowest BCUT2D eigenvalue weighted by Gasteiger charge is -1.94. The third kappa shape index (κ3) is 0.994. The predicted molar refractivity (Wildman–Crippen MR) is 45.2 cm³/mol. The van der Waals surface area contributed by atoms with E-state index in [1.807, 2.05) is 0 Å². The molecular weight excluding hydrogens is 172 g/mol. The van der Waals surface area contributed by atoms with Crippen LogP contribution in [0.1, 0.15) is 10.4 Å². The summed E-state index contributed by atoms with van der Waals surface area (Å²) in [7, 11) is 0. The van der Waals surface area contributed by atoms with Gasteiger partial charge in [0.2, 0.25) is 0 Å². The van der Waals surface area contributed by atoms with Crippen LogP contribution in [-0.4, -0.2) is 21.1 Å². The molecule has 0 aliphatic rings. The van der Waals surface area contributed by atoms with Gasteiger partial charge in [0.05, 0.1) is 10.9 Å². The number of primary amides is 1. The van der Waals surface area contributed by atoms with Crippen LogP contribution < -0.4 is 11.3 Å². The number of aromatic amines is 2. The summed E-state index contributed by atoms with van der Waals surface area (Å²) in [4.78, 5) is 24.4. The van der Waals surface area contributed by atoms with Crippen LogP contribution in [0.5, 0.6) is 0 Å². The fraction of sp³-hybridized carbons (Fsp3) is 0. The normalized spacial score (nSPS) is 10.5. The number of aromatic nitrogens is 3. The first-order valence-electron chi connectivity index (χ1n) is 3.55. The minimum absolute atomic E-state index is 0.204. The van der Waals surface area contributed by atoms with Gasteiger partial charge in [-0.25, -0.2) is 0 Å². The first kappa shape index (κ1) is 7.53. The molecule has 2 heterocycles. The van der Waals surface area contributed by atoms with Gasteiger partial charge in [0.25, 0.3) is 11.5 Å². The molecule has 2 rings (SSSR count). The van der Waals surface area contributed by atoms with Crippen molar-refractivity contribution in [1.82, 2.24) is 15.2 Å². The van der Waals surface area contributed by atoms with Crippen molar-refractivity contribution in [2.24, 2.45) is 5.73 Å². The van der Waals surface area contributed by atoms with Gasteiger partial charge < -0.3 is 10.7 Å². The lowest BCUT2D eigenvalue weighted by atomic mass is 10.2. The second kappa shape index (κ2) is 2.44. The van der Waals surface area contributed by atoms with Crippen molar-refractivity contribution in [3.05, 3.63) is 28.3 Å². The van der Waals surface area contributed by atoms with Crippen LogP contribution in [0.4, 0.5) is 0 Å². The number of carbonyl (C=O) groups excluding carboxylic acids is 1. The molecule has 4 N–H and O–H groups in total. The highest BCUT2D eigenvalue weighted by Gasteiger charge is 2.10. The number of rotatable bonds is 1. The predicted octanol–water partition coefficient (Wildman–Crippen LogP) is -0.650. The van der Waals surface area contributed by atoms with E-state index in [4.69, 9.17) is 5.73 Å². The van der Waals surface area contributed by atoms with E-state index in [9.17, 15) is 9.59 Å². The summed E-state index contributed by atoms with van der Waals surface area (Å²) in [5.74, 6) is -0.617. The molecule has 66 valence electrons. The van der Waals surface area contributed by atoms with E-state index >= 15 is 0 Å². The van der Waals surface area contributed by atoms with Crippen LogP contribution in [0.2, 0.25) is 0 Å². The Morgan fingerprint density at radius 1 is 1.46 bits per heavy atom. The summed E-state index contributed by atoms with van der Waals surface area (Å²) in [6.45, 7) is 0. The zero-order valence-corrected chi connectivity index (χ0v) is 6.50. The average Bonchev–Trinajstić information content (AvgIpc) is 2.53. The number of nitrogens with zero attached hydrogens (tertiary/aromatic N) is 1. The molecule has 2 aromatic heterocycles. The molecule has 6 nitrogen and oxygen atoms in total. The molecule has 0 fully saturated rings. The second-order valence-corrected chi connectivity index (χ2v) is 2.54. The highest BCUT2D eigenvalue weighted by Crippen LogP contribution is 2.08. The van der Waals surface area contributed by atoms with E-state index in [-0.39, 0.29) is 11.1 Å². The maximum absolute atomic E-state index is 11.1. The van der Waals surface area contributed by atoms with Crippen LogP contribution in [0.3, 0.4) is 0 Å². The standard InChI is InChI=1S/C7H6N4O2/c8-6(12)3-1-9-7(13)4-2-10-11-5(3)4/h1-2H,(H2,8,12)(H,9,13)(H,10,11). The molecule has 2 aromatic rings. The lowest BCUT2D eigenvalue weighted by Crippen LogP contribution is -2.15. The van der Waals surface area contributed by atoms with E-state index in [2.05, 4.69) is 15.2 Å². The van der Waals surface area contributed by atoms with Gasteiger partial charge in [0, 0.05) is 12.4 Å². The van der Waals surface area contributed by atoms with Crippen LogP contribution in [0, 0.1) is 0 Å². The zero-order valence-electron chi connectivity index (χ0n) is 6.50. The number of nitrogens with two attached hydrogens (primary N) is 1. The summed E-state index contributed by atoms with van der Waals surface area (Å²) in [5, 5.41) is 6.58. The third-order valence-corrected chi connectivity index (χ3v) is 1.75. The van der Waals surface area contributed by atoms with Gasteiger partial charge >= 0.3 is 0 Å². The molecule has 1 amide bonds. The number of nitrogens with one attached hydrogen (secondary N) is 2. The molecule has 0 aliphatic carbocycles. The van der Waals surface area contributed by atoms with Crippen LogP contribution in [0.15, 0.2) is 17.2 Å². The topological polar surface area (TPSA) is 105 Å². The van der Waals surface area contributed by atoms with Gasteiger partial charge in [0.15, 0.2) is 0 Å². The Labute approximate surface area is 71.8 Å². The molecule has 0 unspecified atom stereocenters. The molecule has 0 aromatic carbocycles. The van der Waals surface area contributed by atoms with Crippen molar-refractivity contribution in [1.29, 1.82) is 0 Å². The molecule has 0 saturated heterocycles. The van der Waals surface area contributed by atoms with Crippen LogP contribution >= 0.6 is 0 Å². The number of pyridine rings is 1. The molecule has 13 heavy (non-hydrogen) atoms. The average molecular weight is 178 g/mol. The van der Waals surface area contributed by atoms with Crippen molar-refractivity contribution in [3.8, 4) is 0 Å². The van der Waals surface area contributed by atoms with E-state index in [1.165, 1.54) is 12.4 Å². The van der Waals surface area contributed by atoms with Crippen LogP contribution in [0.25, 0.3) is 10.9 Å². The molecule has 0 spiro atoms. The first-order valence-corrected chi connectivity index (χ1v) is 3.55. The van der Waals surface area contributed by atoms with Crippen molar-refractivity contribution in [2.45, 2.75) is 0 Å². The van der Waals surface area contributed by atoms with Crippen molar-refractivity contribution in [3.63, 3.8) is 0 Å². The fourth-order valence-corrected chi connectivity index (χ4v) is 1.14. The van der Waals surface area contributed by atoms with E-state index in [1.54, 1.807) is 0 Å². The smallest absolute Gasteiger partial charge is 0.259 e. The first-order chi connectivity index (χ1) is 6.20. The summed E-state index contributed by atoms with van der Waals surface area (Å²) in [5.41, 5.74) is 5.28. The monoisotopic (exact) mass is 178 g/mol. The van der Waals surface area contributed by atoms with Gasteiger partial charge in [-0.05, 0) is 0 Å². The summed E-state index contributed by atoms with van der Waals surface area (Å²) >= 11 is 0. The highest BCUT2D eigenvalue weighted by molar-refractivity contribution is 6.03. The number of fused-ring (bicyclic) bond motifs is 1. The number of hydrogen-bond acceptors (Lipinski definition) is 3. The number of amides is 1. The van der Waals surface area contributed by atoms with E-state index < -0.39 is 5.91 Å². The molecule has 0 aliphatic heterocycles. The maximum atomic E-state index is 11.1. The van der Waals surface area contributed by atoms with Gasteiger partial charge in [-0.15, -0.1) is 0 Å². The Kier molecular flexibility index (Phi) is 1.42. The Hall–Kier alpha value is -2.11. The summed E-state index contributed by atoms with van der Waals surface area (Å²) < 4.78 is 0. The summed E-state index contributed by atoms with van der Waals surface area (Å²) in [6.07, 6.45) is 2.68. The van der Waals surface area contributed by atoms with E-state index in [0.29, 0.717) is 10.9 Å². The van der Waals surface area contributed by atoms with Crippen molar-refractivity contribution < 1.29 is 4.79 Å². The minimum Gasteiger partial charge on any atom is -0.365 e. The largest absolute Gasteiger partial charge is 0.365 e. The molecule has 0 radical (unpaired) electrons. The maximum Gasteiger partial charge on any atom is 0.259 e. The van der Waals surface area contributed by atoms with Gasteiger partial charge in [0.1, 0.15) is 5.52 Å². The Morgan fingerprint density at radius 2 is 2.23 bits per heavy atom. The van der Waals surface area contributed by atoms with Crippen LogP contribution in [-0.2, 0) is 0 Å². The van der Waals surface area contributed by atoms with Gasteiger partial charge in [-0.1, -0.05) is 0 Å². The number of carbonyl (C=O) groups is 1. The number of hydrogen-bond donors (Lipinski definition) is 3. The van der Waals surface area contributed by atoms with Crippen molar-refractivity contribution in [2.75, 3.05) is 0 Å². The molecule has 0 bridgehead atoms. The summed E-state index contributed by atoms with van der Waals surface area (Å²) in [6, 6.07) is 0.